The molecule has 120 valence electrons. The van der Waals surface area contributed by atoms with Gasteiger partial charge in [-0.05, 0) is 59.9 Å². The van der Waals surface area contributed by atoms with Crippen molar-refractivity contribution in [3.63, 3.8) is 0 Å². The van der Waals surface area contributed by atoms with Gasteiger partial charge < -0.3 is 5.73 Å². The molecule has 0 amide bonds. The van der Waals surface area contributed by atoms with Crippen molar-refractivity contribution >= 4 is 15.9 Å². The van der Waals surface area contributed by atoms with Crippen molar-refractivity contribution in [2.24, 2.45) is 24.1 Å². The van der Waals surface area contributed by atoms with Gasteiger partial charge in [-0.3, -0.25) is 4.68 Å². The van der Waals surface area contributed by atoms with Crippen LogP contribution in [0.1, 0.15) is 64.3 Å². The number of hydrogen-bond acceptors (Lipinski definition) is 2. The van der Waals surface area contributed by atoms with Crippen molar-refractivity contribution in [1.82, 2.24) is 9.78 Å². The second kappa shape index (κ2) is 6.04. The van der Waals surface area contributed by atoms with E-state index in [9.17, 15) is 0 Å². The van der Waals surface area contributed by atoms with Crippen molar-refractivity contribution in [2.45, 2.75) is 71.8 Å². The quantitative estimate of drug-likeness (QED) is 0.801. The van der Waals surface area contributed by atoms with Crippen molar-refractivity contribution in [2.75, 3.05) is 0 Å². The molecule has 1 aromatic heterocycles. The molecule has 21 heavy (non-hydrogen) atoms. The molecule has 2 rings (SSSR count). The summed E-state index contributed by atoms with van der Waals surface area (Å²) < 4.78 is 3.12. The van der Waals surface area contributed by atoms with Crippen LogP contribution in [-0.2, 0) is 13.5 Å². The highest BCUT2D eigenvalue weighted by Gasteiger charge is 2.34. The van der Waals surface area contributed by atoms with E-state index in [0.717, 1.165) is 35.3 Å². The summed E-state index contributed by atoms with van der Waals surface area (Å²) in [6, 6.07) is 0. The summed E-state index contributed by atoms with van der Waals surface area (Å²) in [5.74, 6) is 0.791. The summed E-state index contributed by atoms with van der Waals surface area (Å²) >= 11 is 3.68. The Morgan fingerprint density at radius 1 is 1.33 bits per heavy atom. The summed E-state index contributed by atoms with van der Waals surface area (Å²) in [6.07, 6.45) is 6.96. The highest BCUT2D eigenvalue weighted by Crippen LogP contribution is 2.40. The number of hydrogen-bond donors (Lipinski definition) is 1. The van der Waals surface area contributed by atoms with Crippen LogP contribution in [0.25, 0.3) is 0 Å². The third-order valence-electron chi connectivity index (χ3n) is 5.22. The van der Waals surface area contributed by atoms with Gasteiger partial charge in [0, 0.05) is 19.0 Å². The molecule has 0 saturated heterocycles. The summed E-state index contributed by atoms with van der Waals surface area (Å²) in [7, 11) is 2.02. The van der Waals surface area contributed by atoms with E-state index >= 15 is 0 Å². The number of aromatic nitrogens is 2. The first kappa shape index (κ1) is 17.0. The van der Waals surface area contributed by atoms with E-state index in [1.165, 1.54) is 25.0 Å². The summed E-state index contributed by atoms with van der Waals surface area (Å²) in [6.45, 7) is 9.13. The molecule has 1 heterocycles. The topological polar surface area (TPSA) is 43.8 Å². The molecule has 0 spiro atoms. The minimum absolute atomic E-state index is 0.0806. The van der Waals surface area contributed by atoms with Crippen molar-refractivity contribution < 1.29 is 0 Å². The maximum absolute atomic E-state index is 6.78. The molecular formula is C17H30BrN3. The van der Waals surface area contributed by atoms with Gasteiger partial charge in [0.15, 0.2) is 0 Å². The Labute approximate surface area is 137 Å². The molecule has 1 aliphatic rings. The van der Waals surface area contributed by atoms with Crippen molar-refractivity contribution in [3.05, 3.63) is 15.9 Å². The van der Waals surface area contributed by atoms with Gasteiger partial charge in [-0.2, -0.15) is 5.10 Å². The second-order valence-electron chi connectivity index (χ2n) is 8.00. The molecule has 1 aromatic rings. The average molecular weight is 356 g/mol. The van der Waals surface area contributed by atoms with E-state index < -0.39 is 0 Å². The molecule has 4 heteroatoms. The summed E-state index contributed by atoms with van der Waals surface area (Å²) in [5.41, 5.74) is 9.39. The van der Waals surface area contributed by atoms with Gasteiger partial charge in [-0.25, -0.2) is 0 Å². The summed E-state index contributed by atoms with van der Waals surface area (Å²) in [5, 5.41) is 4.50. The third kappa shape index (κ3) is 3.89. The predicted molar refractivity (Wildman–Crippen MR) is 92.3 cm³/mol. The molecule has 0 bridgehead atoms. The maximum atomic E-state index is 6.78. The molecule has 1 aliphatic carbocycles. The Morgan fingerprint density at radius 3 is 2.52 bits per heavy atom. The van der Waals surface area contributed by atoms with Crippen molar-refractivity contribution in [1.29, 1.82) is 0 Å². The van der Waals surface area contributed by atoms with Gasteiger partial charge in [0.25, 0.3) is 0 Å². The minimum Gasteiger partial charge on any atom is -0.325 e. The number of nitrogens with zero attached hydrogens (tertiary/aromatic N) is 2. The van der Waals surface area contributed by atoms with Crippen LogP contribution < -0.4 is 5.73 Å². The van der Waals surface area contributed by atoms with E-state index in [1.54, 1.807) is 0 Å². The first-order valence-corrected chi connectivity index (χ1v) is 8.88. The van der Waals surface area contributed by atoms with Crippen LogP contribution in [0.3, 0.4) is 0 Å². The van der Waals surface area contributed by atoms with Gasteiger partial charge in [0.05, 0.1) is 15.9 Å². The van der Waals surface area contributed by atoms with Crippen LogP contribution >= 0.6 is 15.9 Å². The Balaban J connectivity index is 2.12. The predicted octanol–water partition coefficient (Wildman–Crippen LogP) is 4.36. The van der Waals surface area contributed by atoms with E-state index in [1.807, 2.05) is 18.7 Å². The highest BCUT2D eigenvalue weighted by atomic mass is 79.9. The molecule has 0 aromatic carbocycles. The van der Waals surface area contributed by atoms with Crippen LogP contribution in [0.15, 0.2) is 4.47 Å². The van der Waals surface area contributed by atoms with Gasteiger partial charge in [0.2, 0.25) is 0 Å². The van der Waals surface area contributed by atoms with Crippen LogP contribution in [0.5, 0.6) is 0 Å². The van der Waals surface area contributed by atoms with Gasteiger partial charge in [-0.1, -0.05) is 27.2 Å². The molecule has 2 N–H and O–H groups in total. The zero-order chi connectivity index (χ0) is 15.8. The number of aryl methyl sites for hydroxylation is 2. The Hall–Kier alpha value is -0.350. The van der Waals surface area contributed by atoms with Crippen molar-refractivity contribution in [3.8, 4) is 0 Å². The first-order valence-electron chi connectivity index (χ1n) is 8.09. The lowest BCUT2D eigenvalue weighted by Gasteiger charge is -2.31. The number of nitrogens with two attached hydrogens (primary N) is 1. The fourth-order valence-corrected chi connectivity index (χ4v) is 4.16. The normalized spacial score (nSPS) is 27.7. The third-order valence-corrected chi connectivity index (χ3v) is 6.26. The fraction of sp³-hybridized carbons (Fsp3) is 0.824. The molecular weight excluding hydrogens is 326 g/mol. The molecule has 2 unspecified atom stereocenters. The molecule has 2 atom stereocenters. The Kier molecular flexibility index (Phi) is 4.89. The van der Waals surface area contributed by atoms with Gasteiger partial charge in [0.1, 0.15) is 0 Å². The van der Waals surface area contributed by atoms with Gasteiger partial charge >= 0.3 is 0 Å². The minimum atomic E-state index is -0.0806. The van der Waals surface area contributed by atoms with Gasteiger partial charge in [-0.15, -0.1) is 0 Å². The monoisotopic (exact) mass is 355 g/mol. The first-order chi connectivity index (χ1) is 9.62. The zero-order valence-electron chi connectivity index (χ0n) is 14.2. The lowest BCUT2D eigenvalue weighted by Crippen LogP contribution is -2.42. The summed E-state index contributed by atoms with van der Waals surface area (Å²) in [4.78, 5) is 0. The highest BCUT2D eigenvalue weighted by molar-refractivity contribution is 9.10. The maximum Gasteiger partial charge on any atom is 0.0738 e. The standard InChI is InChI=1S/C17H30BrN3/c1-12-15(18)14(21(5)20-12)11-17(19)9-6-7-13(8-10-17)16(2,3)4/h13H,6-11,19H2,1-5H3. The smallest absolute Gasteiger partial charge is 0.0738 e. The van der Waals surface area contributed by atoms with E-state index in [0.29, 0.717) is 5.41 Å². The lowest BCUT2D eigenvalue weighted by atomic mass is 9.76. The molecule has 1 saturated carbocycles. The Morgan fingerprint density at radius 2 is 2.00 bits per heavy atom. The average Bonchev–Trinajstić information content (AvgIpc) is 2.56. The largest absolute Gasteiger partial charge is 0.325 e. The lowest BCUT2D eigenvalue weighted by molar-refractivity contribution is 0.210. The molecule has 0 aliphatic heterocycles. The van der Waals surface area contributed by atoms with Crippen LogP contribution in [0.2, 0.25) is 0 Å². The number of halogens is 1. The zero-order valence-corrected chi connectivity index (χ0v) is 15.8. The number of rotatable bonds is 2. The van der Waals surface area contributed by atoms with E-state index in [4.69, 9.17) is 5.73 Å². The fourth-order valence-electron chi connectivity index (χ4n) is 3.68. The van der Waals surface area contributed by atoms with Crippen LogP contribution in [-0.4, -0.2) is 15.3 Å². The van der Waals surface area contributed by atoms with Crippen LogP contribution in [0, 0.1) is 18.3 Å². The molecule has 1 fully saturated rings. The van der Waals surface area contributed by atoms with E-state index in [-0.39, 0.29) is 5.54 Å². The SMILES string of the molecule is Cc1nn(C)c(CC2(N)CCCC(C(C)(C)C)CC2)c1Br. The molecule has 0 radical (unpaired) electrons. The van der Waals surface area contributed by atoms with E-state index in [2.05, 4.69) is 41.8 Å². The Bertz CT molecular complexity index is 501. The van der Waals surface area contributed by atoms with Crippen LogP contribution in [0.4, 0.5) is 0 Å². The molecule has 3 nitrogen and oxygen atoms in total. The second-order valence-corrected chi connectivity index (χ2v) is 8.80.